The minimum atomic E-state index is -0.698. The van der Waals surface area contributed by atoms with Crippen molar-refractivity contribution in [3.05, 3.63) is 38.9 Å². The van der Waals surface area contributed by atoms with Crippen LogP contribution < -0.4 is 11.1 Å². The Balaban J connectivity index is 2.88. The van der Waals surface area contributed by atoms with E-state index >= 15 is 0 Å². The molecule has 0 unspecified atom stereocenters. The van der Waals surface area contributed by atoms with Gasteiger partial charge in [-0.15, -0.1) is 0 Å². The standard InChI is InChI=1S/C9H8ClN3O4/c10-7-3-5(13(16)17)1-2-6(7)9(15)12-4-8(11)14/h1-3H,4H2,(H2,11,14)(H,12,15). The van der Waals surface area contributed by atoms with Crippen LogP contribution in [-0.4, -0.2) is 23.3 Å². The van der Waals surface area contributed by atoms with Crippen molar-refractivity contribution in [2.75, 3.05) is 6.54 Å². The highest BCUT2D eigenvalue weighted by Gasteiger charge is 2.14. The molecule has 0 fully saturated rings. The van der Waals surface area contributed by atoms with Gasteiger partial charge in [0.1, 0.15) is 0 Å². The number of halogens is 1. The van der Waals surface area contributed by atoms with Crippen LogP contribution in [0.1, 0.15) is 10.4 Å². The number of nitrogens with one attached hydrogen (secondary N) is 1. The third-order valence-electron chi connectivity index (χ3n) is 1.83. The molecule has 0 bridgehead atoms. The first kappa shape index (κ1) is 12.9. The number of nitrogens with zero attached hydrogens (tertiary/aromatic N) is 1. The summed E-state index contributed by atoms with van der Waals surface area (Å²) in [6, 6.07) is 3.41. The molecule has 0 saturated carbocycles. The van der Waals surface area contributed by atoms with E-state index in [1.807, 2.05) is 0 Å². The predicted molar refractivity (Wildman–Crippen MR) is 59.6 cm³/mol. The number of primary amides is 1. The van der Waals surface area contributed by atoms with Gasteiger partial charge in [0.2, 0.25) is 5.91 Å². The summed E-state index contributed by atoms with van der Waals surface area (Å²) in [7, 11) is 0. The van der Waals surface area contributed by atoms with Crippen LogP contribution in [0, 0.1) is 10.1 Å². The molecule has 0 aliphatic carbocycles. The topological polar surface area (TPSA) is 115 Å². The number of nitrogens with two attached hydrogens (primary N) is 1. The number of rotatable bonds is 4. The van der Waals surface area contributed by atoms with Crippen molar-refractivity contribution in [3.63, 3.8) is 0 Å². The molecule has 8 heteroatoms. The Morgan fingerprint density at radius 3 is 2.59 bits per heavy atom. The van der Waals surface area contributed by atoms with Crippen molar-refractivity contribution >= 4 is 29.1 Å². The van der Waals surface area contributed by atoms with Crippen molar-refractivity contribution in [2.24, 2.45) is 5.73 Å². The van der Waals surface area contributed by atoms with Crippen molar-refractivity contribution in [1.82, 2.24) is 5.32 Å². The Morgan fingerprint density at radius 2 is 2.12 bits per heavy atom. The van der Waals surface area contributed by atoms with Gasteiger partial charge in [-0.25, -0.2) is 0 Å². The fraction of sp³-hybridized carbons (Fsp3) is 0.111. The number of nitro groups is 1. The quantitative estimate of drug-likeness (QED) is 0.602. The zero-order valence-corrected chi connectivity index (χ0v) is 9.23. The van der Waals surface area contributed by atoms with E-state index in [-0.39, 0.29) is 22.8 Å². The summed E-state index contributed by atoms with van der Waals surface area (Å²) in [4.78, 5) is 31.7. The maximum absolute atomic E-state index is 11.5. The third-order valence-corrected chi connectivity index (χ3v) is 2.14. The van der Waals surface area contributed by atoms with Gasteiger partial charge in [-0.2, -0.15) is 0 Å². The van der Waals surface area contributed by atoms with Crippen LogP contribution >= 0.6 is 11.6 Å². The SMILES string of the molecule is NC(=O)CNC(=O)c1ccc([N+](=O)[O-])cc1Cl. The van der Waals surface area contributed by atoms with Gasteiger partial charge >= 0.3 is 0 Å². The molecule has 7 nitrogen and oxygen atoms in total. The molecular formula is C9H8ClN3O4. The Labute approximate surface area is 101 Å². The molecule has 17 heavy (non-hydrogen) atoms. The molecule has 2 amide bonds. The van der Waals surface area contributed by atoms with E-state index in [2.05, 4.69) is 5.32 Å². The largest absolute Gasteiger partial charge is 0.368 e. The lowest BCUT2D eigenvalue weighted by Gasteiger charge is -2.04. The minimum Gasteiger partial charge on any atom is -0.368 e. The van der Waals surface area contributed by atoms with Gasteiger partial charge in [0.25, 0.3) is 11.6 Å². The number of amides is 2. The zero-order valence-electron chi connectivity index (χ0n) is 8.47. The molecule has 0 aliphatic rings. The summed E-state index contributed by atoms with van der Waals surface area (Å²) in [5.41, 5.74) is 4.66. The third kappa shape index (κ3) is 3.42. The first-order valence-corrected chi connectivity index (χ1v) is 4.80. The maximum atomic E-state index is 11.5. The van der Waals surface area contributed by atoms with Crippen molar-refractivity contribution in [1.29, 1.82) is 0 Å². The molecule has 0 atom stereocenters. The fourth-order valence-corrected chi connectivity index (χ4v) is 1.32. The predicted octanol–water partition coefficient (Wildman–Crippen LogP) is 0.463. The van der Waals surface area contributed by atoms with Gasteiger partial charge in [0.15, 0.2) is 0 Å². The van der Waals surface area contributed by atoms with E-state index in [0.717, 1.165) is 12.1 Å². The lowest BCUT2D eigenvalue weighted by atomic mass is 10.2. The molecule has 0 radical (unpaired) electrons. The Morgan fingerprint density at radius 1 is 1.47 bits per heavy atom. The second kappa shape index (κ2) is 5.26. The number of hydrogen-bond donors (Lipinski definition) is 2. The summed E-state index contributed by atoms with van der Waals surface area (Å²) in [5.74, 6) is -1.32. The highest BCUT2D eigenvalue weighted by molar-refractivity contribution is 6.34. The molecule has 3 N–H and O–H groups in total. The summed E-state index contributed by atoms with van der Waals surface area (Å²) >= 11 is 5.70. The van der Waals surface area contributed by atoms with Gasteiger partial charge in [0.05, 0.1) is 22.1 Å². The van der Waals surface area contributed by atoms with E-state index < -0.39 is 16.7 Å². The number of hydrogen-bond acceptors (Lipinski definition) is 4. The molecule has 0 aromatic heterocycles. The molecule has 90 valence electrons. The van der Waals surface area contributed by atoms with E-state index in [1.54, 1.807) is 0 Å². The van der Waals surface area contributed by atoms with Crippen LogP contribution in [0.5, 0.6) is 0 Å². The number of nitro benzene ring substituents is 1. The van der Waals surface area contributed by atoms with Gasteiger partial charge in [0, 0.05) is 12.1 Å². The molecule has 1 aromatic rings. The molecule has 1 aromatic carbocycles. The molecule has 0 aliphatic heterocycles. The van der Waals surface area contributed by atoms with Gasteiger partial charge in [-0.05, 0) is 6.07 Å². The average Bonchev–Trinajstić information content (AvgIpc) is 2.25. The lowest BCUT2D eigenvalue weighted by Crippen LogP contribution is -2.33. The lowest BCUT2D eigenvalue weighted by molar-refractivity contribution is -0.384. The van der Waals surface area contributed by atoms with Crippen LogP contribution in [0.2, 0.25) is 5.02 Å². The Bertz CT molecular complexity index is 489. The number of non-ortho nitro benzene ring substituents is 1. The van der Waals surface area contributed by atoms with Crippen molar-refractivity contribution in [2.45, 2.75) is 0 Å². The van der Waals surface area contributed by atoms with Crippen LogP contribution in [0.3, 0.4) is 0 Å². The Kier molecular flexibility index (Phi) is 4.00. The van der Waals surface area contributed by atoms with Gasteiger partial charge in [-0.1, -0.05) is 11.6 Å². The fourth-order valence-electron chi connectivity index (χ4n) is 1.06. The number of benzene rings is 1. The van der Waals surface area contributed by atoms with Gasteiger partial charge < -0.3 is 11.1 Å². The average molecular weight is 258 g/mol. The van der Waals surface area contributed by atoms with Gasteiger partial charge in [-0.3, -0.25) is 19.7 Å². The second-order valence-corrected chi connectivity index (χ2v) is 3.48. The summed E-state index contributed by atoms with van der Waals surface area (Å²) in [6.07, 6.45) is 0. The number of carbonyl (C=O) groups excluding carboxylic acids is 2. The van der Waals surface area contributed by atoms with Crippen LogP contribution in [0.4, 0.5) is 5.69 Å². The van der Waals surface area contributed by atoms with E-state index in [4.69, 9.17) is 17.3 Å². The summed E-state index contributed by atoms with van der Waals surface area (Å²) in [6.45, 7) is -0.327. The summed E-state index contributed by atoms with van der Waals surface area (Å²) in [5, 5.41) is 12.6. The van der Waals surface area contributed by atoms with E-state index in [0.29, 0.717) is 0 Å². The van der Waals surface area contributed by atoms with E-state index in [9.17, 15) is 19.7 Å². The molecule has 0 heterocycles. The van der Waals surface area contributed by atoms with Crippen LogP contribution in [-0.2, 0) is 4.79 Å². The normalized spacial score (nSPS) is 9.71. The zero-order chi connectivity index (χ0) is 13.0. The maximum Gasteiger partial charge on any atom is 0.270 e. The van der Waals surface area contributed by atoms with Crippen LogP contribution in [0.25, 0.3) is 0 Å². The highest BCUT2D eigenvalue weighted by atomic mass is 35.5. The Hall–Kier alpha value is -2.15. The molecule has 0 saturated heterocycles. The van der Waals surface area contributed by atoms with E-state index in [1.165, 1.54) is 6.07 Å². The second-order valence-electron chi connectivity index (χ2n) is 3.07. The van der Waals surface area contributed by atoms with Crippen molar-refractivity contribution in [3.8, 4) is 0 Å². The summed E-state index contributed by atoms with van der Waals surface area (Å²) < 4.78 is 0. The van der Waals surface area contributed by atoms with Crippen LogP contribution in [0.15, 0.2) is 18.2 Å². The van der Waals surface area contributed by atoms with Crippen molar-refractivity contribution < 1.29 is 14.5 Å². The number of carbonyl (C=O) groups is 2. The highest BCUT2D eigenvalue weighted by Crippen LogP contribution is 2.22. The molecular weight excluding hydrogens is 250 g/mol. The first-order chi connectivity index (χ1) is 7.91. The minimum absolute atomic E-state index is 0.0403. The molecule has 1 rings (SSSR count). The first-order valence-electron chi connectivity index (χ1n) is 4.42. The monoisotopic (exact) mass is 257 g/mol. The smallest absolute Gasteiger partial charge is 0.270 e. The molecule has 0 spiro atoms.